The Morgan fingerprint density at radius 2 is 1.89 bits per heavy atom. The van der Waals surface area contributed by atoms with Gasteiger partial charge in [-0.15, -0.1) is 0 Å². The SMILES string of the molecule is CCOc1ccc(NC(=NC)NCc2ccc(C)cc2N(C)C)cc1OC. The summed E-state index contributed by atoms with van der Waals surface area (Å²) < 4.78 is 11.0. The van der Waals surface area contributed by atoms with Crippen LogP contribution in [0.4, 0.5) is 11.4 Å². The molecule has 0 saturated carbocycles. The minimum absolute atomic E-state index is 0.594. The van der Waals surface area contributed by atoms with Gasteiger partial charge in [0.2, 0.25) is 0 Å². The number of nitrogens with zero attached hydrogens (tertiary/aromatic N) is 2. The van der Waals surface area contributed by atoms with Crippen LogP contribution in [-0.4, -0.2) is 40.8 Å². The first-order valence-corrected chi connectivity index (χ1v) is 9.03. The monoisotopic (exact) mass is 370 g/mol. The molecule has 6 heteroatoms. The summed E-state index contributed by atoms with van der Waals surface area (Å²) in [5.41, 5.74) is 4.52. The Labute approximate surface area is 162 Å². The van der Waals surface area contributed by atoms with E-state index in [1.165, 1.54) is 16.8 Å². The molecule has 0 saturated heterocycles. The molecule has 0 amide bonds. The van der Waals surface area contributed by atoms with E-state index in [4.69, 9.17) is 9.47 Å². The third-order valence-electron chi connectivity index (χ3n) is 4.12. The van der Waals surface area contributed by atoms with Crippen molar-refractivity contribution < 1.29 is 9.47 Å². The third-order valence-corrected chi connectivity index (χ3v) is 4.12. The van der Waals surface area contributed by atoms with Crippen molar-refractivity contribution in [1.29, 1.82) is 0 Å². The molecule has 0 aromatic heterocycles. The fourth-order valence-electron chi connectivity index (χ4n) is 2.75. The van der Waals surface area contributed by atoms with Gasteiger partial charge in [-0.3, -0.25) is 4.99 Å². The number of ether oxygens (including phenoxy) is 2. The van der Waals surface area contributed by atoms with E-state index in [0.29, 0.717) is 24.9 Å². The van der Waals surface area contributed by atoms with Crippen molar-refractivity contribution in [3.63, 3.8) is 0 Å². The Morgan fingerprint density at radius 3 is 2.52 bits per heavy atom. The van der Waals surface area contributed by atoms with Crippen LogP contribution in [0.25, 0.3) is 0 Å². The first-order valence-electron chi connectivity index (χ1n) is 9.03. The van der Waals surface area contributed by atoms with Crippen LogP contribution < -0.4 is 25.0 Å². The highest BCUT2D eigenvalue weighted by Gasteiger charge is 2.09. The van der Waals surface area contributed by atoms with Crippen LogP contribution in [0.5, 0.6) is 11.5 Å². The Bertz CT molecular complexity index is 788. The Morgan fingerprint density at radius 1 is 1.11 bits per heavy atom. The van der Waals surface area contributed by atoms with E-state index in [2.05, 4.69) is 59.7 Å². The number of rotatable bonds is 7. The summed E-state index contributed by atoms with van der Waals surface area (Å²) in [6.07, 6.45) is 0. The van der Waals surface area contributed by atoms with Crippen molar-refractivity contribution in [2.75, 3.05) is 45.1 Å². The van der Waals surface area contributed by atoms with Crippen molar-refractivity contribution in [2.24, 2.45) is 4.99 Å². The summed E-state index contributed by atoms with van der Waals surface area (Å²) in [6.45, 7) is 5.31. The van der Waals surface area contributed by atoms with Crippen molar-refractivity contribution in [3.8, 4) is 11.5 Å². The van der Waals surface area contributed by atoms with E-state index in [1.54, 1.807) is 14.2 Å². The van der Waals surface area contributed by atoms with Crippen molar-refractivity contribution in [1.82, 2.24) is 5.32 Å². The number of hydrogen-bond donors (Lipinski definition) is 2. The normalized spacial score (nSPS) is 11.1. The van der Waals surface area contributed by atoms with Gasteiger partial charge in [0, 0.05) is 45.1 Å². The summed E-state index contributed by atoms with van der Waals surface area (Å²) in [4.78, 5) is 6.44. The van der Waals surface area contributed by atoms with Gasteiger partial charge in [-0.05, 0) is 43.2 Å². The van der Waals surface area contributed by atoms with E-state index in [-0.39, 0.29) is 0 Å². The van der Waals surface area contributed by atoms with Gasteiger partial charge in [0.25, 0.3) is 0 Å². The average Bonchev–Trinajstić information content (AvgIpc) is 2.66. The minimum Gasteiger partial charge on any atom is -0.493 e. The van der Waals surface area contributed by atoms with E-state index in [9.17, 15) is 0 Å². The van der Waals surface area contributed by atoms with Gasteiger partial charge in [-0.1, -0.05) is 12.1 Å². The second kappa shape index (κ2) is 9.71. The molecule has 0 aliphatic heterocycles. The maximum absolute atomic E-state index is 5.56. The standard InChI is InChI=1S/C21H30N4O2/c1-7-27-19-11-10-17(13-20(19)26-6)24-21(22-3)23-14-16-9-8-15(2)12-18(16)25(4)5/h8-13H,7,14H2,1-6H3,(H2,22,23,24). The molecule has 0 aliphatic rings. The van der Waals surface area contributed by atoms with E-state index in [0.717, 1.165) is 11.4 Å². The summed E-state index contributed by atoms with van der Waals surface area (Å²) in [5.74, 6) is 2.10. The van der Waals surface area contributed by atoms with E-state index >= 15 is 0 Å². The smallest absolute Gasteiger partial charge is 0.195 e. The zero-order valence-electron chi connectivity index (χ0n) is 17.1. The maximum atomic E-state index is 5.56. The predicted octanol–water partition coefficient (Wildman–Crippen LogP) is 3.66. The minimum atomic E-state index is 0.594. The van der Waals surface area contributed by atoms with Crippen LogP contribution in [-0.2, 0) is 6.54 Å². The molecular weight excluding hydrogens is 340 g/mol. The molecule has 27 heavy (non-hydrogen) atoms. The molecule has 0 unspecified atom stereocenters. The number of guanidine groups is 1. The van der Waals surface area contributed by atoms with Crippen LogP contribution in [0.15, 0.2) is 41.4 Å². The molecule has 2 rings (SSSR count). The van der Waals surface area contributed by atoms with Gasteiger partial charge in [0.1, 0.15) is 0 Å². The second-order valence-corrected chi connectivity index (χ2v) is 6.38. The number of methoxy groups -OCH3 is 1. The lowest BCUT2D eigenvalue weighted by atomic mass is 10.1. The fourth-order valence-corrected chi connectivity index (χ4v) is 2.75. The van der Waals surface area contributed by atoms with Gasteiger partial charge in [-0.25, -0.2) is 0 Å². The number of aliphatic imine (C=N–C) groups is 1. The molecule has 6 nitrogen and oxygen atoms in total. The molecule has 0 fully saturated rings. The van der Waals surface area contributed by atoms with Crippen molar-refractivity contribution >= 4 is 17.3 Å². The first-order chi connectivity index (χ1) is 13.0. The molecule has 0 radical (unpaired) electrons. The zero-order chi connectivity index (χ0) is 19.8. The summed E-state index contributed by atoms with van der Waals surface area (Å²) in [6, 6.07) is 12.2. The number of benzene rings is 2. The number of aryl methyl sites for hydroxylation is 1. The molecule has 2 aromatic carbocycles. The predicted molar refractivity (Wildman–Crippen MR) is 113 cm³/mol. The molecule has 146 valence electrons. The topological polar surface area (TPSA) is 58.1 Å². The molecule has 0 atom stereocenters. The first kappa shape index (κ1) is 20.4. The average molecular weight is 370 g/mol. The van der Waals surface area contributed by atoms with Crippen LogP contribution >= 0.6 is 0 Å². The number of anilines is 2. The van der Waals surface area contributed by atoms with Crippen LogP contribution in [0.2, 0.25) is 0 Å². The van der Waals surface area contributed by atoms with Crippen molar-refractivity contribution in [2.45, 2.75) is 20.4 Å². The molecule has 2 N–H and O–H groups in total. The van der Waals surface area contributed by atoms with Gasteiger partial charge < -0.3 is 25.0 Å². The van der Waals surface area contributed by atoms with Crippen LogP contribution in [0.1, 0.15) is 18.1 Å². The second-order valence-electron chi connectivity index (χ2n) is 6.38. The zero-order valence-corrected chi connectivity index (χ0v) is 17.1. The van der Waals surface area contributed by atoms with Gasteiger partial charge in [0.05, 0.1) is 13.7 Å². The number of hydrogen-bond acceptors (Lipinski definition) is 4. The lowest BCUT2D eigenvalue weighted by Gasteiger charge is -2.20. The highest BCUT2D eigenvalue weighted by Crippen LogP contribution is 2.30. The molecule has 2 aromatic rings. The molecule has 0 aliphatic carbocycles. The lowest BCUT2D eigenvalue weighted by Crippen LogP contribution is -2.30. The van der Waals surface area contributed by atoms with Gasteiger partial charge in [-0.2, -0.15) is 0 Å². The Balaban J connectivity index is 2.09. The number of nitrogens with one attached hydrogen (secondary N) is 2. The lowest BCUT2D eigenvalue weighted by molar-refractivity contribution is 0.311. The molecule has 0 heterocycles. The summed E-state index contributed by atoms with van der Waals surface area (Å²) in [5, 5.41) is 6.66. The van der Waals surface area contributed by atoms with Gasteiger partial charge in [0.15, 0.2) is 17.5 Å². The largest absolute Gasteiger partial charge is 0.493 e. The molecular formula is C21H30N4O2. The summed E-state index contributed by atoms with van der Waals surface area (Å²) >= 11 is 0. The van der Waals surface area contributed by atoms with Crippen LogP contribution in [0.3, 0.4) is 0 Å². The highest BCUT2D eigenvalue weighted by atomic mass is 16.5. The van der Waals surface area contributed by atoms with Crippen molar-refractivity contribution in [3.05, 3.63) is 47.5 Å². The van der Waals surface area contributed by atoms with E-state index in [1.807, 2.05) is 25.1 Å². The highest BCUT2D eigenvalue weighted by molar-refractivity contribution is 5.93. The third kappa shape index (κ3) is 5.54. The molecule has 0 spiro atoms. The Hall–Kier alpha value is -2.89. The fraction of sp³-hybridized carbons (Fsp3) is 0.381. The Kier molecular flexibility index (Phi) is 7.34. The quantitative estimate of drug-likeness (QED) is 0.575. The summed E-state index contributed by atoms with van der Waals surface area (Å²) in [7, 11) is 7.49. The molecule has 0 bridgehead atoms. The van der Waals surface area contributed by atoms with E-state index < -0.39 is 0 Å². The van der Waals surface area contributed by atoms with Gasteiger partial charge >= 0.3 is 0 Å². The maximum Gasteiger partial charge on any atom is 0.195 e. The van der Waals surface area contributed by atoms with Crippen LogP contribution in [0, 0.1) is 6.92 Å².